The fourth-order valence-corrected chi connectivity index (χ4v) is 7.83. The fraction of sp³-hybridized carbons (Fsp3) is 0.174. The molecule has 0 unspecified atom stereocenters. The molecule has 0 saturated carbocycles. The number of hydrogen-bond donors (Lipinski definition) is 4. The van der Waals surface area contributed by atoms with E-state index in [4.69, 9.17) is 11.5 Å². The Kier molecular flexibility index (Phi) is 11.2. The number of pyridine rings is 2. The fourth-order valence-electron chi connectivity index (χ4n) is 7.83. The Balaban J connectivity index is 0.000000158. The number of imidazole rings is 2. The molecule has 312 valence electrons. The monoisotopic (exact) mass is 836 g/mol. The van der Waals surface area contributed by atoms with E-state index >= 15 is 0 Å². The molecule has 2 aliphatic carbocycles. The Morgan fingerprint density at radius 2 is 0.952 bits per heavy atom. The summed E-state index contributed by atoms with van der Waals surface area (Å²) in [6.45, 7) is 0. The maximum Gasteiger partial charge on any atom is 0.229 e. The number of hydrogen-bond acceptors (Lipinski definition) is 10. The maximum absolute atomic E-state index is 14.3. The quantitative estimate of drug-likeness (QED) is 0.109. The number of nitrogens with one attached hydrogen (secondary N) is 2. The molecule has 12 nitrogen and oxygen atoms in total. The van der Waals surface area contributed by atoms with E-state index in [1.54, 1.807) is 61.4 Å². The summed E-state index contributed by atoms with van der Waals surface area (Å²) in [7, 11) is 0. The third kappa shape index (κ3) is 8.25. The number of benzene rings is 2. The van der Waals surface area contributed by atoms with E-state index in [2.05, 4.69) is 52.9 Å². The van der Waals surface area contributed by atoms with Crippen molar-refractivity contribution in [1.82, 2.24) is 39.2 Å². The summed E-state index contributed by atoms with van der Waals surface area (Å²) in [5, 5.41) is 15.4. The number of fused-ring (bicyclic) bond motifs is 2. The highest BCUT2D eigenvalue weighted by atomic mass is 19.1. The van der Waals surface area contributed by atoms with Crippen LogP contribution in [0.5, 0.6) is 0 Å². The number of nitrogens with zero attached hydrogens (tertiary/aromatic N) is 8. The lowest BCUT2D eigenvalue weighted by atomic mass is 9.91. The molecule has 62 heavy (non-hydrogen) atoms. The molecule has 0 aliphatic heterocycles. The van der Waals surface area contributed by atoms with Crippen LogP contribution >= 0.6 is 0 Å². The number of rotatable bonds is 8. The van der Waals surface area contributed by atoms with Crippen molar-refractivity contribution in [2.24, 2.45) is 11.5 Å². The number of halogens is 4. The summed E-state index contributed by atoms with van der Waals surface area (Å²) in [5.41, 5.74) is 19.5. The van der Waals surface area contributed by atoms with Crippen molar-refractivity contribution in [2.75, 3.05) is 10.6 Å². The average molecular weight is 837 g/mol. The molecule has 0 bridgehead atoms. The zero-order valence-electron chi connectivity index (χ0n) is 33.2. The van der Waals surface area contributed by atoms with Gasteiger partial charge in [0.15, 0.2) is 0 Å². The molecular formula is C46H40F4N12. The van der Waals surface area contributed by atoms with Gasteiger partial charge in [-0.1, -0.05) is 24.3 Å². The van der Waals surface area contributed by atoms with Crippen LogP contribution in [-0.2, 0) is 0 Å². The van der Waals surface area contributed by atoms with Crippen molar-refractivity contribution < 1.29 is 17.6 Å². The number of anilines is 4. The highest BCUT2D eigenvalue weighted by Gasteiger charge is 2.20. The maximum atomic E-state index is 14.3. The number of nitrogens with two attached hydrogens (primary N) is 2. The first-order valence-corrected chi connectivity index (χ1v) is 20.1. The summed E-state index contributed by atoms with van der Waals surface area (Å²) in [5.74, 6) is -1.84. The molecule has 6 N–H and O–H groups in total. The van der Waals surface area contributed by atoms with Gasteiger partial charge >= 0.3 is 0 Å². The van der Waals surface area contributed by atoms with Gasteiger partial charge < -0.3 is 22.1 Å². The summed E-state index contributed by atoms with van der Waals surface area (Å²) >= 11 is 0. The summed E-state index contributed by atoms with van der Waals surface area (Å²) in [6, 6.07) is 18.0. The zero-order valence-corrected chi connectivity index (χ0v) is 33.2. The van der Waals surface area contributed by atoms with Gasteiger partial charge in [-0.2, -0.15) is 19.2 Å². The van der Waals surface area contributed by atoms with E-state index in [9.17, 15) is 17.6 Å². The zero-order chi connectivity index (χ0) is 42.7. The second kappa shape index (κ2) is 17.4. The minimum absolute atomic E-state index is 0.0388. The van der Waals surface area contributed by atoms with E-state index in [1.807, 2.05) is 12.1 Å². The van der Waals surface area contributed by atoms with Crippen LogP contribution in [0, 0.1) is 23.3 Å². The van der Waals surface area contributed by atoms with Gasteiger partial charge in [0, 0.05) is 35.6 Å². The average Bonchev–Trinajstić information content (AvgIpc) is 3.87. The Bertz CT molecular complexity index is 2750. The van der Waals surface area contributed by atoms with E-state index in [1.165, 1.54) is 45.4 Å². The lowest BCUT2D eigenvalue weighted by molar-refractivity contribution is 0.587. The van der Waals surface area contributed by atoms with Crippen molar-refractivity contribution in [3.05, 3.63) is 157 Å². The molecule has 0 fully saturated rings. The molecular weight excluding hydrogens is 797 g/mol. The summed E-state index contributed by atoms with van der Waals surface area (Å²) in [6.07, 6.45) is 20.2. The predicted molar refractivity (Wildman–Crippen MR) is 231 cm³/mol. The second-order valence-electron chi connectivity index (χ2n) is 15.1. The van der Waals surface area contributed by atoms with Crippen molar-refractivity contribution in [1.29, 1.82) is 0 Å². The molecule has 2 aliphatic rings. The van der Waals surface area contributed by atoms with Crippen LogP contribution in [0.15, 0.2) is 122 Å². The standard InChI is InChI=1S/2C23H20F2N6/c2*24-18-5-2-6-19(25)22(18)20-8-7-16-12-28-23(31(16)30-20)29-21-13-27-10-9-17(21)14-3-1-4-15(26)11-14/h2*2,5-13,15H,1,3-4,26H2,(H,28,29)/t2*15-/m10/s1. The SMILES string of the molecule is N[C@@H]1C=C(c2ccncc2Nc2ncc3ccc(-c4c(F)cccc4F)nn23)CCC1.N[C@H]1C=C(c2ccncc2Nc2ncc3ccc(-c4c(F)cccc4F)nn23)CCC1. The normalized spacial score (nSPS) is 16.4. The van der Waals surface area contributed by atoms with E-state index in [0.717, 1.165) is 72.2 Å². The first-order valence-electron chi connectivity index (χ1n) is 20.1. The first kappa shape index (κ1) is 40.1. The molecule has 2 aromatic carbocycles. The molecule has 10 rings (SSSR count). The van der Waals surface area contributed by atoms with Crippen LogP contribution in [-0.4, -0.2) is 51.2 Å². The van der Waals surface area contributed by atoms with Crippen LogP contribution in [0.2, 0.25) is 0 Å². The number of allylic oxidation sites excluding steroid dienone is 2. The predicted octanol–water partition coefficient (Wildman–Crippen LogP) is 9.42. The van der Waals surface area contributed by atoms with Gasteiger partial charge in [0.1, 0.15) is 23.3 Å². The minimum Gasteiger partial charge on any atom is -0.324 e. The smallest absolute Gasteiger partial charge is 0.229 e. The highest BCUT2D eigenvalue weighted by molar-refractivity contribution is 5.80. The lowest BCUT2D eigenvalue weighted by Crippen LogP contribution is -2.20. The van der Waals surface area contributed by atoms with Gasteiger partial charge in [-0.15, -0.1) is 0 Å². The van der Waals surface area contributed by atoms with Crippen molar-refractivity contribution in [3.63, 3.8) is 0 Å². The van der Waals surface area contributed by atoms with E-state index in [0.29, 0.717) is 22.9 Å². The molecule has 0 spiro atoms. The largest absolute Gasteiger partial charge is 0.324 e. The van der Waals surface area contributed by atoms with E-state index < -0.39 is 23.3 Å². The van der Waals surface area contributed by atoms with Gasteiger partial charge in [0.2, 0.25) is 11.9 Å². The Hall–Kier alpha value is -7.30. The van der Waals surface area contributed by atoms with Gasteiger partial charge in [0.05, 0.1) is 69.7 Å². The molecule has 0 saturated heterocycles. The highest BCUT2D eigenvalue weighted by Crippen LogP contribution is 2.34. The molecule has 6 aromatic heterocycles. The van der Waals surface area contributed by atoms with Crippen LogP contribution in [0.4, 0.5) is 40.8 Å². The second-order valence-corrected chi connectivity index (χ2v) is 15.1. The van der Waals surface area contributed by atoms with Crippen molar-refractivity contribution in [2.45, 2.75) is 50.6 Å². The summed E-state index contributed by atoms with van der Waals surface area (Å²) in [4.78, 5) is 17.3. The Morgan fingerprint density at radius 1 is 0.532 bits per heavy atom. The Morgan fingerprint density at radius 3 is 1.35 bits per heavy atom. The molecule has 0 radical (unpaired) electrons. The lowest BCUT2D eigenvalue weighted by Gasteiger charge is -2.20. The molecule has 16 heteroatoms. The topological polar surface area (TPSA) is 162 Å². The molecule has 6 heterocycles. The molecule has 8 aromatic rings. The van der Waals surface area contributed by atoms with Gasteiger partial charge in [0.25, 0.3) is 0 Å². The number of aromatic nitrogens is 8. The van der Waals surface area contributed by atoms with Gasteiger partial charge in [-0.25, -0.2) is 27.5 Å². The van der Waals surface area contributed by atoms with Gasteiger partial charge in [-0.3, -0.25) is 9.97 Å². The van der Waals surface area contributed by atoms with Crippen molar-refractivity contribution in [3.8, 4) is 22.5 Å². The van der Waals surface area contributed by atoms with Gasteiger partial charge in [-0.05, 0) is 110 Å². The molecule has 2 atom stereocenters. The third-order valence-electron chi connectivity index (χ3n) is 10.8. The first-order chi connectivity index (χ1) is 30.2. The third-order valence-corrected chi connectivity index (χ3v) is 10.8. The van der Waals surface area contributed by atoms with Crippen LogP contribution < -0.4 is 22.1 Å². The molecule has 0 amide bonds. The van der Waals surface area contributed by atoms with Crippen LogP contribution in [0.1, 0.15) is 49.7 Å². The minimum atomic E-state index is -0.670. The van der Waals surface area contributed by atoms with Crippen LogP contribution in [0.3, 0.4) is 0 Å². The van der Waals surface area contributed by atoms with Crippen molar-refractivity contribution >= 4 is 45.5 Å². The van der Waals surface area contributed by atoms with Crippen LogP contribution in [0.25, 0.3) is 44.7 Å². The summed E-state index contributed by atoms with van der Waals surface area (Å²) < 4.78 is 60.1. The Labute approximate surface area is 353 Å². The van der Waals surface area contributed by atoms with E-state index in [-0.39, 0.29) is 34.6 Å².